The summed E-state index contributed by atoms with van der Waals surface area (Å²) in [6.07, 6.45) is -0.992. The van der Waals surface area contributed by atoms with Crippen molar-refractivity contribution in [1.82, 2.24) is 15.2 Å². The van der Waals surface area contributed by atoms with E-state index in [0.717, 1.165) is 11.1 Å². The molecule has 1 aromatic heterocycles. The monoisotopic (exact) mass is 419 g/mol. The van der Waals surface area contributed by atoms with Crippen molar-refractivity contribution in [2.75, 3.05) is 19.6 Å². The van der Waals surface area contributed by atoms with Crippen LogP contribution in [0.2, 0.25) is 0 Å². The number of likely N-dealkylation sites (tertiary alicyclic amines) is 1. The number of nitrogens with zero attached hydrogens (tertiary/aromatic N) is 2. The van der Waals surface area contributed by atoms with Crippen LogP contribution in [0.3, 0.4) is 0 Å². The van der Waals surface area contributed by atoms with Gasteiger partial charge < -0.3 is 5.32 Å². The largest absolute Gasteiger partial charge is 0.393 e. The third kappa shape index (κ3) is 5.59. The highest BCUT2D eigenvalue weighted by molar-refractivity contribution is 5.79. The second kappa shape index (κ2) is 9.60. The Bertz CT molecular complexity index is 811. The maximum Gasteiger partial charge on any atom is 0.393 e. The molecule has 0 radical (unpaired) electrons. The third-order valence-electron chi connectivity index (χ3n) is 5.82. The molecule has 0 aliphatic carbocycles. The average molecular weight is 419 g/mol. The Morgan fingerprint density at radius 3 is 2.50 bits per heavy atom. The molecule has 1 N–H and O–H groups in total. The molecule has 0 spiro atoms. The quantitative estimate of drug-likeness (QED) is 0.730. The first-order chi connectivity index (χ1) is 14.3. The van der Waals surface area contributed by atoms with Crippen LogP contribution in [0.25, 0.3) is 0 Å². The molecule has 2 heterocycles. The van der Waals surface area contributed by atoms with Crippen LogP contribution in [-0.4, -0.2) is 41.6 Å². The summed E-state index contributed by atoms with van der Waals surface area (Å²) in [5.41, 5.74) is 1.91. The van der Waals surface area contributed by atoms with Gasteiger partial charge in [-0.2, -0.15) is 13.2 Å². The molecule has 1 aliphatic rings. The molecule has 0 unspecified atom stereocenters. The lowest BCUT2D eigenvalue weighted by molar-refractivity contribution is -0.183. The van der Waals surface area contributed by atoms with Gasteiger partial charge in [-0.3, -0.25) is 14.7 Å². The number of hydrogen-bond acceptors (Lipinski definition) is 3. The van der Waals surface area contributed by atoms with E-state index >= 15 is 0 Å². The summed E-state index contributed by atoms with van der Waals surface area (Å²) in [5, 5.41) is 2.80. The summed E-state index contributed by atoms with van der Waals surface area (Å²) < 4.78 is 41.0. The van der Waals surface area contributed by atoms with E-state index in [1.54, 1.807) is 17.3 Å². The normalized spacial score (nSPS) is 21.0. The summed E-state index contributed by atoms with van der Waals surface area (Å²) >= 11 is 0. The number of amides is 1. The highest BCUT2D eigenvalue weighted by atomic mass is 19.4. The highest BCUT2D eigenvalue weighted by Gasteiger charge is 2.52. The number of carbonyl (C=O) groups excluding carboxylic acids is 1. The zero-order valence-electron chi connectivity index (χ0n) is 17.3. The lowest BCUT2D eigenvalue weighted by atomic mass is 9.88. The Labute approximate surface area is 175 Å². The van der Waals surface area contributed by atoms with E-state index in [-0.39, 0.29) is 24.9 Å². The van der Waals surface area contributed by atoms with Crippen molar-refractivity contribution in [3.8, 4) is 0 Å². The Balaban J connectivity index is 1.67. The molecule has 3 atom stereocenters. The van der Waals surface area contributed by atoms with Gasteiger partial charge in [0.1, 0.15) is 0 Å². The van der Waals surface area contributed by atoms with Gasteiger partial charge in [-0.15, -0.1) is 0 Å². The van der Waals surface area contributed by atoms with Crippen LogP contribution in [0, 0.1) is 17.8 Å². The van der Waals surface area contributed by atoms with E-state index in [4.69, 9.17) is 0 Å². The van der Waals surface area contributed by atoms with Crippen LogP contribution in [0.4, 0.5) is 13.2 Å². The van der Waals surface area contributed by atoms with E-state index in [1.807, 2.05) is 56.3 Å². The second-order valence-electron chi connectivity index (χ2n) is 8.32. The summed E-state index contributed by atoms with van der Waals surface area (Å²) in [7, 11) is 0. The van der Waals surface area contributed by atoms with Crippen molar-refractivity contribution in [3.05, 3.63) is 66.0 Å². The molecule has 2 aromatic rings. The molecule has 1 fully saturated rings. The number of rotatable bonds is 7. The van der Waals surface area contributed by atoms with Crippen molar-refractivity contribution in [3.63, 3.8) is 0 Å². The number of benzene rings is 1. The lowest BCUT2D eigenvalue weighted by Crippen LogP contribution is -2.41. The summed E-state index contributed by atoms with van der Waals surface area (Å²) in [5.74, 6) is -3.07. The summed E-state index contributed by atoms with van der Waals surface area (Å²) in [6.45, 7) is 4.69. The van der Waals surface area contributed by atoms with Crippen LogP contribution >= 0.6 is 0 Å². The molecule has 1 amide bonds. The van der Waals surface area contributed by atoms with Crippen molar-refractivity contribution in [2.45, 2.75) is 32.5 Å². The topological polar surface area (TPSA) is 45.2 Å². The second-order valence-corrected chi connectivity index (χ2v) is 8.32. The summed E-state index contributed by atoms with van der Waals surface area (Å²) in [6, 6.07) is 13.1. The lowest BCUT2D eigenvalue weighted by Gasteiger charge is -2.24. The standard InChI is InChI=1S/C23H28F3N3O/c1-16(2)19(18-9-6-10-27-11-18)12-28-22(30)20-14-29(15-21(20)23(24,25)26)13-17-7-4-3-5-8-17/h3-11,16,19-21H,12-15H2,1-2H3,(H,28,30)/t19-,20-,21-/m0/s1. The van der Waals surface area contributed by atoms with E-state index in [1.165, 1.54) is 0 Å². The smallest absolute Gasteiger partial charge is 0.355 e. The molecular formula is C23H28F3N3O. The zero-order valence-corrected chi connectivity index (χ0v) is 17.3. The van der Waals surface area contributed by atoms with Crippen LogP contribution in [0.5, 0.6) is 0 Å². The van der Waals surface area contributed by atoms with Gasteiger partial charge in [0.05, 0.1) is 11.8 Å². The van der Waals surface area contributed by atoms with Crippen LogP contribution in [0.1, 0.15) is 30.9 Å². The molecule has 7 heteroatoms. The Morgan fingerprint density at radius 2 is 1.90 bits per heavy atom. The molecule has 1 aromatic carbocycles. The van der Waals surface area contributed by atoms with Gasteiger partial charge in [-0.05, 0) is 23.1 Å². The number of nitrogens with one attached hydrogen (secondary N) is 1. The first-order valence-corrected chi connectivity index (χ1v) is 10.3. The highest BCUT2D eigenvalue weighted by Crippen LogP contribution is 2.38. The number of hydrogen-bond donors (Lipinski definition) is 1. The Hall–Kier alpha value is -2.41. The van der Waals surface area contributed by atoms with E-state index in [2.05, 4.69) is 10.3 Å². The molecule has 4 nitrogen and oxygen atoms in total. The maximum atomic E-state index is 13.7. The SMILES string of the molecule is CC(C)[C@H](CNC(=O)[C@H]1CN(Cc2ccccc2)C[C@@H]1C(F)(F)F)c1cccnc1. The zero-order chi connectivity index (χ0) is 21.7. The number of carbonyl (C=O) groups is 1. The van der Waals surface area contributed by atoms with Crippen LogP contribution < -0.4 is 5.32 Å². The van der Waals surface area contributed by atoms with Gasteiger partial charge in [0, 0.05) is 44.5 Å². The van der Waals surface area contributed by atoms with E-state index in [0.29, 0.717) is 13.1 Å². The molecule has 0 bridgehead atoms. The number of aromatic nitrogens is 1. The van der Waals surface area contributed by atoms with Crippen molar-refractivity contribution in [1.29, 1.82) is 0 Å². The Kier molecular flexibility index (Phi) is 7.13. The average Bonchev–Trinajstić information content (AvgIpc) is 3.14. The number of alkyl halides is 3. The maximum absolute atomic E-state index is 13.7. The fourth-order valence-electron chi connectivity index (χ4n) is 4.13. The van der Waals surface area contributed by atoms with Crippen LogP contribution in [-0.2, 0) is 11.3 Å². The minimum atomic E-state index is -4.41. The van der Waals surface area contributed by atoms with E-state index < -0.39 is 23.9 Å². The van der Waals surface area contributed by atoms with Crippen molar-refractivity contribution in [2.24, 2.45) is 17.8 Å². The van der Waals surface area contributed by atoms with E-state index in [9.17, 15) is 18.0 Å². The Morgan fingerprint density at radius 1 is 1.17 bits per heavy atom. The molecule has 30 heavy (non-hydrogen) atoms. The minimum absolute atomic E-state index is 0.00573. The first kappa shape index (κ1) is 22.3. The molecule has 0 saturated carbocycles. The summed E-state index contributed by atoms with van der Waals surface area (Å²) in [4.78, 5) is 18.6. The number of halogens is 3. The molecule has 1 saturated heterocycles. The van der Waals surface area contributed by atoms with Crippen molar-refractivity contribution < 1.29 is 18.0 Å². The fraction of sp³-hybridized carbons (Fsp3) is 0.478. The molecule has 3 rings (SSSR count). The van der Waals surface area contributed by atoms with Crippen molar-refractivity contribution >= 4 is 5.91 Å². The van der Waals surface area contributed by atoms with Gasteiger partial charge >= 0.3 is 6.18 Å². The van der Waals surface area contributed by atoms with Gasteiger partial charge in [-0.1, -0.05) is 50.2 Å². The van der Waals surface area contributed by atoms with Gasteiger partial charge in [0.25, 0.3) is 0 Å². The predicted octanol–water partition coefficient (Wildman–Crippen LogP) is 4.25. The predicted molar refractivity (Wildman–Crippen MR) is 110 cm³/mol. The van der Waals surface area contributed by atoms with Gasteiger partial charge in [0.2, 0.25) is 5.91 Å². The third-order valence-corrected chi connectivity index (χ3v) is 5.82. The van der Waals surface area contributed by atoms with Gasteiger partial charge in [-0.25, -0.2) is 0 Å². The van der Waals surface area contributed by atoms with Gasteiger partial charge in [0.15, 0.2) is 0 Å². The number of pyridine rings is 1. The first-order valence-electron chi connectivity index (χ1n) is 10.3. The molecule has 1 aliphatic heterocycles. The molecular weight excluding hydrogens is 391 g/mol. The van der Waals surface area contributed by atoms with Crippen LogP contribution in [0.15, 0.2) is 54.9 Å². The molecule has 162 valence electrons. The minimum Gasteiger partial charge on any atom is -0.355 e. The fourth-order valence-corrected chi connectivity index (χ4v) is 4.13.